The van der Waals surface area contributed by atoms with Crippen LogP contribution in [-0.4, -0.2) is 25.4 Å². The van der Waals surface area contributed by atoms with Gasteiger partial charge in [-0.25, -0.2) is 13.4 Å². The third-order valence-corrected chi connectivity index (χ3v) is 5.80. The van der Waals surface area contributed by atoms with Crippen LogP contribution < -0.4 is 4.72 Å². The first-order chi connectivity index (χ1) is 12.9. The van der Waals surface area contributed by atoms with Crippen LogP contribution in [-0.2, 0) is 26.2 Å². The summed E-state index contributed by atoms with van der Waals surface area (Å²) >= 11 is 1.43. The molecule has 8 heteroatoms. The summed E-state index contributed by atoms with van der Waals surface area (Å²) in [5, 5.41) is 1.68. The molecule has 27 heavy (non-hydrogen) atoms. The fourth-order valence-corrected chi connectivity index (χ4v) is 4.19. The van der Waals surface area contributed by atoms with Crippen molar-refractivity contribution in [1.82, 2.24) is 9.71 Å². The molecule has 0 radical (unpaired) electrons. The van der Waals surface area contributed by atoms with Gasteiger partial charge in [0.15, 0.2) is 0 Å². The van der Waals surface area contributed by atoms with E-state index in [9.17, 15) is 13.2 Å². The molecule has 0 saturated heterocycles. The maximum absolute atomic E-state index is 12.1. The number of para-hydroxylation sites is 1. The molecule has 0 bridgehead atoms. The Morgan fingerprint density at radius 3 is 2.63 bits per heavy atom. The molecule has 1 heterocycles. The molecule has 0 saturated carbocycles. The minimum absolute atomic E-state index is 0.00407. The number of carbonyl (C=O) groups is 1. The largest absolute Gasteiger partial charge is 0.457 e. The van der Waals surface area contributed by atoms with Gasteiger partial charge < -0.3 is 4.74 Å². The molecule has 1 N–H and O–H groups in total. The number of esters is 1. The Bertz CT molecular complexity index is 1030. The Hall–Kier alpha value is -2.55. The molecule has 1 aromatic heterocycles. The fourth-order valence-electron chi connectivity index (χ4n) is 2.31. The highest BCUT2D eigenvalue weighted by molar-refractivity contribution is 7.92. The number of fused-ring (bicyclic) bond motifs is 1. The molecule has 2 aromatic carbocycles. The van der Waals surface area contributed by atoms with Crippen molar-refractivity contribution in [1.29, 1.82) is 0 Å². The zero-order valence-corrected chi connectivity index (χ0v) is 16.2. The van der Waals surface area contributed by atoms with Crippen LogP contribution in [0.4, 0.5) is 0 Å². The molecule has 3 aromatic rings. The van der Waals surface area contributed by atoms with Crippen LogP contribution in [0.2, 0.25) is 0 Å². The Balaban J connectivity index is 1.55. The second kappa shape index (κ2) is 8.43. The fraction of sp³-hybridized carbons (Fsp3) is 0.158. The zero-order chi connectivity index (χ0) is 19.3. The molecule has 0 amide bonds. The van der Waals surface area contributed by atoms with Gasteiger partial charge in [-0.15, -0.1) is 11.3 Å². The van der Waals surface area contributed by atoms with Gasteiger partial charge in [-0.05, 0) is 30.7 Å². The standard InChI is InChI=1S/C19H18N2O4S2/c1-14(21-27(23,24)12-11-15-7-3-2-4-8-15)19(22)25-13-18-20-16-9-5-6-10-17(16)26-18/h2-12,14,21H,13H2,1H3/b12-11+/t14-/m0/s1. The van der Waals surface area contributed by atoms with Gasteiger partial charge in [0.25, 0.3) is 0 Å². The van der Waals surface area contributed by atoms with Gasteiger partial charge in [-0.3, -0.25) is 4.79 Å². The molecule has 3 rings (SSSR count). The van der Waals surface area contributed by atoms with E-state index in [1.807, 2.05) is 42.5 Å². The van der Waals surface area contributed by atoms with Crippen molar-refractivity contribution in [3.05, 3.63) is 70.6 Å². The summed E-state index contributed by atoms with van der Waals surface area (Å²) in [6.07, 6.45) is 1.46. The van der Waals surface area contributed by atoms with Crippen LogP contribution in [0.5, 0.6) is 0 Å². The average Bonchev–Trinajstić information content (AvgIpc) is 3.08. The number of carbonyl (C=O) groups excluding carboxylic acids is 1. The van der Waals surface area contributed by atoms with Gasteiger partial charge in [-0.2, -0.15) is 4.72 Å². The second-order valence-electron chi connectivity index (χ2n) is 5.78. The Kier molecular flexibility index (Phi) is 6.00. The van der Waals surface area contributed by atoms with Crippen molar-refractivity contribution < 1.29 is 17.9 Å². The number of thiazole rings is 1. The predicted octanol–water partition coefficient (Wildman–Crippen LogP) is 3.32. The third kappa shape index (κ3) is 5.46. The second-order valence-corrected chi connectivity index (χ2v) is 8.49. The minimum atomic E-state index is -3.77. The number of sulfonamides is 1. The predicted molar refractivity (Wildman–Crippen MR) is 106 cm³/mol. The first-order valence-corrected chi connectivity index (χ1v) is 10.6. The highest BCUT2D eigenvalue weighted by atomic mass is 32.2. The third-order valence-electron chi connectivity index (χ3n) is 3.61. The number of nitrogens with zero attached hydrogens (tertiary/aromatic N) is 1. The monoisotopic (exact) mass is 402 g/mol. The van der Waals surface area contributed by atoms with Crippen molar-refractivity contribution in [3.8, 4) is 0 Å². The lowest BCUT2D eigenvalue weighted by Gasteiger charge is -2.11. The maximum atomic E-state index is 12.1. The van der Waals surface area contributed by atoms with Gasteiger partial charge in [-0.1, -0.05) is 42.5 Å². The average molecular weight is 402 g/mol. The summed E-state index contributed by atoms with van der Waals surface area (Å²) in [6, 6.07) is 15.6. The molecule has 0 spiro atoms. The van der Waals surface area contributed by atoms with Crippen molar-refractivity contribution >= 4 is 43.6 Å². The molecule has 0 aliphatic carbocycles. The molecule has 0 aliphatic heterocycles. The van der Waals surface area contributed by atoms with Gasteiger partial charge in [0, 0.05) is 5.41 Å². The lowest BCUT2D eigenvalue weighted by atomic mass is 10.2. The summed E-state index contributed by atoms with van der Waals surface area (Å²) in [4.78, 5) is 16.5. The summed E-state index contributed by atoms with van der Waals surface area (Å²) < 4.78 is 32.7. The smallest absolute Gasteiger partial charge is 0.324 e. The molecule has 0 aliphatic rings. The molecule has 140 valence electrons. The number of benzene rings is 2. The molecule has 1 atom stereocenters. The number of aromatic nitrogens is 1. The quantitative estimate of drug-likeness (QED) is 0.613. The zero-order valence-electron chi connectivity index (χ0n) is 14.5. The number of rotatable bonds is 7. The van der Waals surface area contributed by atoms with E-state index in [0.29, 0.717) is 5.01 Å². The SMILES string of the molecule is C[C@H](NS(=O)(=O)/C=C/c1ccccc1)C(=O)OCc1nc2ccccc2s1. The summed E-state index contributed by atoms with van der Waals surface area (Å²) in [6.45, 7) is 1.44. The summed E-state index contributed by atoms with van der Waals surface area (Å²) in [7, 11) is -3.77. The number of hydrogen-bond donors (Lipinski definition) is 1. The number of hydrogen-bond acceptors (Lipinski definition) is 6. The number of ether oxygens (including phenoxy) is 1. The Labute approximate surface area is 161 Å². The van der Waals surface area contributed by atoms with E-state index in [1.54, 1.807) is 12.1 Å². The van der Waals surface area contributed by atoms with Crippen molar-refractivity contribution in [3.63, 3.8) is 0 Å². The van der Waals surface area contributed by atoms with Crippen LogP contribution in [0.25, 0.3) is 16.3 Å². The highest BCUT2D eigenvalue weighted by Crippen LogP contribution is 2.22. The Morgan fingerprint density at radius 1 is 1.19 bits per heavy atom. The van der Waals surface area contributed by atoms with Gasteiger partial charge in [0.1, 0.15) is 17.7 Å². The van der Waals surface area contributed by atoms with Crippen LogP contribution in [0.1, 0.15) is 17.5 Å². The van der Waals surface area contributed by atoms with E-state index in [2.05, 4.69) is 9.71 Å². The summed E-state index contributed by atoms with van der Waals surface area (Å²) in [5.74, 6) is -0.661. The molecule has 0 unspecified atom stereocenters. The van der Waals surface area contributed by atoms with E-state index in [-0.39, 0.29) is 6.61 Å². The van der Waals surface area contributed by atoms with Gasteiger partial charge in [0.05, 0.1) is 10.2 Å². The minimum Gasteiger partial charge on any atom is -0.457 e. The van der Waals surface area contributed by atoms with E-state index in [4.69, 9.17) is 4.74 Å². The maximum Gasteiger partial charge on any atom is 0.324 e. The van der Waals surface area contributed by atoms with Crippen LogP contribution >= 0.6 is 11.3 Å². The first kappa shape index (κ1) is 19.2. The topological polar surface area (TPSA) is 85.4 Å². The highest BCUT2D eigenvalue weighted by Gasteiger charge is 2.20. The normalized spacial score (nSPS) is 13.1. The van der Waals surface area contributed by atoms with E-state index in [1.165, 1.54) is 24.3 Å². The van der Waals surface area contributed by atoms with Gasteiger partial charge >= 0.3 is 5.97 Å². The molecule has 6 nitrogen and oxygen atoms in total. The summed E-state index contributed by atoms with van der Waals surface area (Å²) in [5.41, 5.74) is 1.59. The van der Waals surface area contributed by atoms with Crippen molar-refractivity contribution in [2.24, 2.45) is 0 Å². The first-order valence-electron chi connectivity index (χ1n) is 8.19. The van der Waals surface area contributed by atoms with Crippen molar-refractivity contribution in [2.45, 2.75) is 19.6 Å². The number of nitrogens with one attached hydrogen (secondary N) is 1. The van der Waals surface area contributed by atoms with Crippen LogP contribution in [0.15, 0.2) is 60.0 Å². The van der Waals surface area contributed by atoms with Crippen LogP contribution in [0, 0.1) is 0 Å². The molecular weight excluding hydrogens is 384 g/mol. The van der Waals surface area contributed by atoms with E-state index < -0.39 is 22.0 Å². The van der Waals surface area contributed by atoms with E-state index >= 15 is 0 Å². The lowest BCUT2D eigenvalue weighted by molar-refractivity contribution is -0.146. The van der Waals surface area contributed by atoms with Crippen LogP contribution in [0.3, 0.4) is 0 Å². The molecular formula is C19H18N2O4S2. The molecule has 0 fully saturated rings. The van der Waals surface area contributed by atoms with Crippen molar-refractivity contribution in [2.75, 3.05) is 0 Å². The van der Waals surface area contributed by atoms with E-state index in [0.717, 1.165) is 21.2 Å². The van der Waals surface area contributed by atoms with Gasteiger partial charge in [0.2, 0.25) is 10.0 Å². The lowest BCUT2D eigenvalue weighted by Crippen LogP contribution is -2.38. The Morgan fingerprint density at radius 2 is 1.89 bits per heavy atom.